The van der Waals surface area contributed by atoms with Crippen molar-refractivity contribution in [3.05, 3.63) is 45.9 Å². The molecular weight excluding hydrogens is 305 g/mol. The van der Waals surface area contributed by atoms with Crippen LogP contribution in [0, 0.1) is 0 Å². The Labute approximate surface area is 122 Å². The van der Waals surface area contributed by atoms with Crippen molar-refractivity contribution >= 4 is 17.1 Å². The molecule has 1 aromatic carbocycles. The van der Waals surface area contributed by atoms with E-state index in [9.17, 15) is 18.0 Å². The van der Waals surface area contributed by atoms with Gasteiger partial charge in [0.25, 0.3) is 0 Å². The molecular formula is C13H11F3N2O2S. The fraction of sp³-hybridized carbons (Fsp3) is 0.231. The van der Waals surface area contributed by atoms with Crippen LogP contribution >= 0.6 is 11.3 Å². The van der Waals surface area contributed by atoms with Crippen molar-refractivity contribution in [2.24, 2.45) is 5.73 Å². The van der Waals surface area contributed by atoms with Crippen LogP contribution in [0.25, 0.3) is 0 Å². The summed E-state index contributed by atoms with van der Waals surface area (Å²) in [6, 6.07) is 4.80. The quantitative estimate of drug-likeness (QED) is 0.879. The molecule has 8 heteroatoms. The van der Waals surface area contributed by atoms with Crippen LogP contribution in [-0.2, 0) is 0 Å². The second kappa shape index (κ2) is 5.82. The highest BCUT2D eigenvalue weighted by Crippen LogP contribution is 2.28. The number of thiazole rings is 1. The average Bonchev–Trinajstić information content (AvgIpc) is 2.86. The van der Waals surface area contributed by atoms with E-state index in [2.05, 4.69) is 9.72 Å². The van der Waals surface area contributed by atoms with Gasteiger partial charge in [0, 0.05) is 5.38 Å². The zero-order valence-electron chi connectivity index (χ0n) is 10.8. The van der Waals surface area contributed by atoms with Crippen LogP contribution in [0.1, 0.15) is 34.0 Å². The molecule has 21 heavy (non-hydrogen) atoms. The summed E-state index contributed by atoms with van der Waals surface area (Å²) in [5.74, 6) is -1.19. The molecule has 0 fully saturated rings. The van der Waals surface area contributed by atoms with Crippen molar-refractivity contribution in [2.75, 3.05) is 0 Å². The highest BCUT2D eigenvalue weighted by molar-refractivity contribution is 7.09. The van der Waals surface area contributed by atoms with Crippen molar-refractivity contribution in [1.82, 2.24) is 4.98 Å². The number of ether oxygens (including phenoxy) is 1. The Kier molecular flexibility index (Phi) is 4.29. The van der Waals surface area contributed by atoms with E-state index in [1.165, 1.54) is 34.9 Å². The maximum Gasteiger partial charge on any atom is 0.573 e. The Morgan fingerprint density at radius 1 is 1.38 bits per heavy atom. The molecule has 2 rings (SSSR count). The molecule has 0 bridgehead atoms. The largest absolute Gasteiger partial charge is 0.573 e. The molecule has 0 aliphatic carbocycles. The summed E-state index contributed by atoms with van der Waals surface area (Å²) in [4.78, 5) is 16.3. The number of nitrogens with zero attached hydrogens (tertiary/aromatic N) is 1. The van der Waals surface area contributed by atoms with Crippen LogP contribution in [0.2, 0.25) is 0 Å². The van der Waals surface area contributed by atoms with E-state index in [1.807, 2.05) is 0 Å². The lowest BCUT2D eigenvalue weighted by Gasteiger charge is -2.11. The van der Waals surface area contributed by atoms with Gasteiger partial charge in [-0.3, -0.25) is 4.79 Å². The lowest BCUT2D eigenvalue weighted by molar-refractivity contribution is -0.274. The van der Waals surface area contributed by atoms with Crippen molar-refractivity contribution < 1.29 is 22.7 Å². The summed E-state index contributed by atoms with van der Waals surface area (Å²) in [6.45, 7) is 1.70. The maximum absolute atomic E-state index is 12.3. The number of nitrogens with two attached hydrogens (primary N) is 1. The predicted molar refractivity (Wildman–Crippen MR) is 71.3 cm³/mol. The van der Waals surface area contributed by atoms with E-state index in [4.69, 9.17) is 5.73 Å². The second-order valence-electron chi connectivity index (χ2n) is 4.23. The van der Waals surface area contributed by atoms with E-state index in [1.54, 1.807) is 6.92 Å². The number of rotatable bonds is 4. The number of halogens is 3. The maximum atomic E-state index is 12.3. The summed E-state index contributed by atoms with van der Waals surface area (Å²) in [6.07, 6.45) is -4.87. The highest BCUT2D eigenvalue weighted by Gasteiger charge is 2.33. The molecule has 0 aliphatic rings. The van der Waals surface area contributed by atoms with E-state index in [0.29, 0.717) is 5.01 Å². The molecule has 2 aromatic rings. The summed E-state index contributed by atoms with van der Waals surface area (Å²) in [7, 11) is 0. The molecule has 1 aromatic heterocycles. The first-order valence-electron chi connectivity index (χ1n) is 5.88. The number of hydrogen-bond acceptors (Lipinski definition) is 5. The topological polar surface area (TPSA) is 65.2 Å². The van der Waals surface area contributed by atoms with Crippen LogP contribution in [0.5, 0.6) is 5.75 Å². The first-order valence-corrected chi connectivity index (χ1v) is 6.76. The molecule has 0 radical (unpaired) electrons. The Balaban J connectivity index is 2.34. The van der Waals surface area contributed by atoms with Gasteiger partial charge in [0.15, 0.2) is 0 Å². The minimum atomic E-state index is -4.87. The fourth-order valence-electron chi connectivity index (χ4n) is 1.61. The molecule has 112 valence electrons. The molecule has 1 unspecified atom stereocenters. The van der Waals surface area contributed by atoms with Gasteiger partial charge in [-0.05, 0) is 19.1 Å². The van der Waals surface area contributed by atoms with Gasteiger partial charge < -0.3 is 10.5 Å². The van der Waals surface area contributed by atoms with E-state index in [-0.39, 0.29) is 17.3 Å². The first kappa shape index (κ1) is 15.5. The number of benzene rings is 1. The molecule has 0 saturated heterocycles. The number of aromatic nitrogens is 1. The average molecular weight is 316 g/mol. The van der Waals surface area contributed by atoms with E-state index >= 15 is 0 Å². The third kappa shape index (κ3) is 3.79. The van der Waals surface area contributed by atoms with Gasteiger partial charge in [-0.2, -0.15) is 0 Å². The minimum absolute atomic E-state index is 0.0468. The minimum Gasteiger partial charge on any atom is -0.405 e. The van der Waals surface area contributed by atoms with Crippen molar-refractivity contribution in [2.45, 2.75) is 19.3 Å². The third-order valence-electron chi connectivity index (χ3n) is 2.50. The third-order valence-corrected chi connectivity index (χ3v) is 3.55. The zero-order valence-corrected chi connectivity index (χ0v) is 11.7. The number of alkyl halides is 3. The number of carbonyl (C=O) groups is 1. The number of ketones is 1. The summed E-state index contributed by atoms with van der Waals surface area (Å²) in [5, 5.41) is 2.00. The van der Waals surface area contributed by atoms with Gasteiger partial charge >= 0.3 is 6.36 Å². The fourth-order valence-corrected chi connectivity index (χ4v) is 2.36. The summed E-state index contributed by atoms with van der Waals surface area (Å²) < 4.78 is 40.9. The normalized spacial score (nSPS) is 13.0. The lowest BCUT2D eigenvalue weighted by Crippen LogP contribution is -2.19. The Bertz CT molecular complexity index is 653. The van der Waals surface area contributed by atoms with Crippen LogP contribution in [0.3, 0.4) is 0 Å². The summed E-state index contributed by atoms with van der Waals surface area (Å²) in [5.41, 5.74) is 5.49. The SMILES string of the molecule is CC(N)c1nc(C(=O)c2ccccc2OC(F)(F)F)cs1. The molecule has 0 amide bonds. The molecule has 1 atom stereocenters. The molecule has 4 nitrogen and oxygen atoms in total. The lowest BCUT2D eigenvalue weighted by atomic mass is 10.1. The number of para-hydroxylation sites is 1. The van der Waals surface area contributed by atoms with Crippen LogP contribution in [0.15, 0.2) is 29.6 Å². The Morgan fingerprint density at radius 2 is 2.05 bits per heavy atom. The molecule has 0 saturated carbocycles. The first-order chi connectivity index (χ1) is 9.78. The van der Waals surface area contributed by atoms with Gasteiger partial charge in [-0.15, -0.1) is 24.5 Å². The Hall–Kier alpha value is -1.93. The van der Waals surface area contributed by atoms with Gasteiger partial charge in [-0.1, -0.05) is 12.1 Å². The van der Waals surface area contributed by atoms with Crippen LogP contribution in [0.4, 0.5) is 13.2 Å². The second-order valence-corrected chi connectivity index (χ2v) is 5.12. The summed E-state index contributed by atoms with van der Waals surface area (Å²) >= 11 is 1.18. The zero-order chi connectivity index (χ0) is 15.6. The van der Waals surface area contributed by atoms with E-state index in [0.717, 1.165) is 6.07 Å². The van der Waals surface area contributed by atoms with E-state index < -0.39 is 17.9 Å². The Morgan fingerprint density at radius 3 is 2.62 bits per heavy atom. The molecule has 0 aliphatic heterocycles. The number of carbonyl (C=O) groups excluding carboxylic acids is 1. The predicted octanol–water partition coefficient (Wildman–Crippen LogP) is 3.29. The van der Waals surface area contributed by atoms with Crippen molar-refractivity contribution in [1.29, 1.82) is 0 Å². The van der Waals surface area contributed by atoms with Gasteiger partial charge in [0.2, 0.25) is 5.78 Å². The van der Waals surface area contributed by atoms with Crippen LogP contribution < -0.4 is 10.5 Å². The highest BCUT2D eigenvalue weighted by atomic mass is 32.1. The van der Waals surface area contributed by atoms with Crippen molar-refractivity contribution in [3.8, 4) is 5.75 Å². The van der Waals surface area contributed by atoms with Gasteiger partial charge in [-0.25, -0.2) is 4.98 Å². The molecule has 0 spiro atoms. The monoisotopic (exact) mass is 316 g/mol. The van der Waals surface area contributed by atoms with Gasteiger partial charge in [0.05, 0.1) is 11.6 Å². The van der Waals surface area contributed by atoms with Gasteiger partial charge in [0.1, 0.15) is 16.5 Å². The standard InChI is InChI=1S/C13H11F3N2O2S/c1-7(17)12-18-9(6-21-12)11(19)8-4-2-3-5-10(8)20-13(14,15)16/h2-7H,17H2,1H3. The molecule has 1 heterocycles. The molecule has 2 N–H and O–H groups in total. The van der Waals surface area contributed by atoms with Crippen molar-refractivity contribution in [3.63, 3.8) is 0 Å². The number of hydrogen-bond donors (Lipinski definition) is 1. The van der Waals surface area contributed by atoms with Crippen LogP contribution in [-0.4, -0.2) is 17.1 Å². The smallest absolute Gasteiger partial charge is 0.405 e.